The Hall–Kier alpha value is -1.13. The van der Waals surface area contributed by atoms with Crippen molar-refractivity contribution in [3.8, 4) is 0 Å². The minimum Gasteiger partial charge on any atom is -0.396 e. The SMILES string of the molecule is C=C1CC[C@H]2[C@H](CNC)[C@@H]([C@@]3(C)Cc4cn[nH]c4C[C@@H]3CO)CC[C@]12C. The molecule has 26 heavy (non-hydrogen) atoms. The van der Waals surface area contributed by atoms with Crippen LogP contribution in [0.4, 0.5) is 0 Å². The highest BCUT2D eigenvalue weighted by atomic mass is 16.3. The van der Waals surface area contributed by atoms with Crippen molar-refractivity contribution in [1.29, 1.82) is 0 Å². The van der Waals surface area contributed by atoms with E-state index in [4.69, 9.17) is 0 Å². The van der Waals surface area contributed by atoms with Crippen LogP contribution in [0.1, 0.15) is 50.8 Å². The topological polar surface area (TPSA) is 60.9 Å². The molecule has 4 heteroatoms. The van der Waals surface area contributed by atoms with E-state index in [1.807, 2.05) is 6.20 Å². The second kappa shape index (κ2) is 6.49. The molecule has 2 saturated carbocycles. The average Bonchev–Trinajstić information content (AvgIpc) is 3.18. The van der Waals surface area contributed by atoms with Crippen molar-refractivity contribution in [2.45, 2.75) is 52.4 Å². The van der Waals surface area contributed by atoms with E-state index in [1.165, 1.54) is 42.5 Å². The Kier molecular flexibility index (Phi) is 4.55. The third-order valence-corrected chi connectivity index (χ3v) is 8.66. The molecule has 0 saturated heterocycles. The number of nitrogens with one attached hydrogen (secondary N) is 2. The van der Waals surface area contributed by atoms with E-state index in [2.05, 4.69) is 43.0 Å². The van der Waals surface area contributed by atoms with Crippen molar-refractivity contribution in [2.75, 3.05) is 20.2 Å². The molecule has 1 aromatic heterocycles. The third kappa shape index (κ3) is 2.52. The van der Waals surface area contributed by atoms with Gasteiger partial charge in [0, 0.05) is 12.3 Å². The number of aromatic nitrogens is 2. The van der Waals surface area contributed by atoms with Gasteiger partial charge in [0.2, 0.25) is 0 Å². The quantitative estimate of drug-likeness (QED) is 0.724. The van der Waals surface area contributed by atoms with E-state index in [-0.39, 0.29) is 12.0 Å². The monoisotopic (exact) mass is 357 g/mol. The van der Waals surface area contributed by atoms with Crippen LogP contribution in [0.5, 0.6) is 0 Å². The summed E-state index contributed by atoms with van der Waals surface area (Å²) < 4.78 is 0. The van der Waals surface area contributed by atoms with E-state index < -0.39 is 0 Å². The molecule has 3 aliphatic rings. The Morgan fingerprint density at radius 3 is 2.88 bits per heavy atom. The van der Waals surface area contributed by atoms with Crippen molar-refractivity contribution in [2.24, 2.45) is 34.5 Å². The molecule has 0 amide bonds. The summed E-state index contributed by atoms with van der Waals surface area (Å²) >= 11 is 0. The Labute approximate surface area is 157 Å². The molecule has 0 aliphatic heterocycles. The van der Waals surface area contributed by atoms with Crippen LogP contribution >= 0.6 is 0 Å². The highest BCUT2D eigenvalue weighted by Gasteiger charge is 2.56. The minimum absolute atomic E-state index is 0.137. The Balaban J connectivity index is 1.70. The normalized spacial score (nSPS) is 42.5. The van der Waals surface area contributed by atoms with Crippen molar-refractivity contribution in [3.05, 3.63) is 29.6 Å². The fourth-order valence-corrected chi connectivity index (χ4v) is 6.94. The maximum absolute atomic E-state index is 10.3. The summed E-state index contributed by atoms with van der Waals surface area (Å²) in [5, 5.41) is 21.2. The number of aliphatic hydroxyl groups is 1. The van der Waals surface area contributed by atoms with E-state index in [0.29, 0.717) is 23.2 Å². The predicted octanol–water partition coefficient (Wildman–Crippen LogP) is 3.34. The molecule has 0 bridgehead atoms. The first-order valence-corrected chi connectivity index (χ1v) is 10.4. The summed E-state index contributed by atoms with van der Waals surface area (Å²) in [4.78, 5) is 0. The van der Waals surface area contributed by atoms with E-state index in [9.17, 15) is 5.11 Å². The molecule has 3 aliphatic carbocycles. The van der Waals surface area contributed by atoms with Crippen LogP contribution in [-0.2, 0) is 12.8 Å². The minimum atomic E-state index is 0.137. The van der Waals surface area contributed by atoms with Crippen LogP contribution in [0.3, 0.4) is 0 Å². The summed E-state index contributed by atoms with van der Waals surface area (Å²) in [6.45, 7) is 10.7. The van der Waals surface area contributed by atoms with Gasteiger partial charge in [-0.3, -0.25) is 5.10 Å². The van der Waals surface area contributed by atoms with Gasteiger partial charge in [0.05, 0.1) is 6.20 Å². The van der Waals surface area contributed by atoms with Crippen LogP contribution in [0, 0.1) is 34.5 Å². The van der Waals surface area contributed by atoms with Crippen LogP contribution < -0.4 is 5.32 Å². The van der Waals surface area contributed by atoms with Gasteiger partial charge in [0.25, 0.3) is 0 Å². The molecule has 4 rings (SSSR count). The van der Waals surface area contributed by atoms with Crippen LogP contribution in [0.15, 0.2) is 18.3 Å². The zero-order valence-electron chi connectivity index (χ0n) is 16.6. The molecule has 2 fully saturated rings. The molecule has 6 atom stereocenters. The zero-order valence-corrected chi connectivity index (χ0v) is 16.6. The van der Waals surface area contributed by atoms with Gasteiger partial charge in [-0.2, -0.15) is 5.10 Å². The lowest BCUT2D eigenvalue weighted by Gasteiger charge is -2.56. The summed E-state index contributed by atoms with van der Waals surface area (Å²) in [7, 11) is 2.09. The number of nitrogens with zero attached hydrogens (tertiary/aromatic N) is 1. The summed E-state index contributed by atoms with van der Waals surface area (Å²) in [5.41, 5.74) is 4.54. The number of fused-ring (bicyclic) bond motifs is 2. The van der Waals surface area contributed by atoms with Gasteiger partial charge < -0.3 is 10.4 Å². The number of hydrogen-bond donors (Lipinski definition) is 3. The lowest BCUT2D eigenvalue weighted by molar-refractivity contribution is -0.0556. The molecule has 144 valence electrons. The number of H-pyrrole nitrogens is 1. The summed E-state index contributed by atoms with van der Waals surface area (Å²) in [5.74, 6) is 2.33. The molecular weight excluding hydrogens is 322 g/mol. The first kappa shape index (κ1) is 18.2. The van der Waals surface area contributed by atoms with E-state index >= 15 is 0 Å². The number of aliphatic hydroxyl groups excluding tert-OH is 1. The molecule has 1 aromatic rings. The molecule has 3 N–H and O–H groups in total. The fraction of sp³-hybridized carbons (Fsp3) is 0.773. The smallest absolute Gasteiger partial charge is 0.0522 e. The van der Waals surface area contributed by atoms with Gasteiger partial charge in [-0.25, -0.2) is 0 Å². The fourth-order valence-electron chi connectivity index (χ4n) is 6.94. The Morgan fingerprint density at radius 1 is 1.35 bits per heavy atom. The van der Waals surface area contributed by atoms with Crippen LogP contribution in [0.25, 0.3) is 0 Å². The lowest BCUT2D eigenvalue weighted by Crippen LogP contribution is -2.53. The standard InChI is InChI=1S/C22H35N3O/c1-14-5-6-18-17(12-23-4)19(7-8-21(14,18)2)22(3)10-15-11-24-25-20(15)9-16(22)13-26/h11,16-19,23,26H,1,5-10,12-13H2,2-4H3,(H,24,25)/t16-,17+,18+,19+,21-,22+/m1/s1. The lowest BCUT2D eigenvalue weighted by atomic mass is 9.49. The van der Waals surface area contributed by atoms with Gasteiger partial charge in [-0.15, -0.1) is 0 Å². The maximum Gasteiger partial charge on any atom is 0.0522 e. The maximum atomic E-state index is 10.3. The molecular formula is C22H35N3O. The zero-order chi connectivity index (χ0) is 18.5. The Morgan fingerprint density at radius 2 is 2.15 bits per heavy atom. The van der Waals surface area contributed by atoms with Crippen molar-refractivity contribution >= 4 is 0 Å². The average molecular weight is 358 g/mol. The number of aromatic amines is 1. The highest BCUT2D eigenvalue weighted by molar-refractivity contribution is 5.26. The predicted molar refractivity (Wildman–Crippen MR) is 105 cm³/mol. The molecule has 4 nitrogen and oxygen atoms in total. The van der Waals surface area contributed by atoms with Gasteiger partial charge in [0.1, 0.15) is 0 Å². The third-order valence-electron chi connectivity index (χ3n) is 8.66. The van der Waals surface area contributed by atoms with Crippen molar-refractivity contribution in [3.63, 3.8) is 0 Å². The second-order valence-corrected chi connectivity index (χ2v) is 9.67. The second-order valence-electron chi connectivity index (χ2n) is 9.67. The van der Waals surface area contributed by atoms with Gasteiger partial charge in [0.15, 0.2) is 0 Å². The summed E-state index contributed by atoms with van der Waals surface area (Å²) in [6.07, 6.45) is 8.97. The number of allylic oxidation sites excluding steroid dienone is 1. The molecule has 0 unspecified atom stereocenters. The molecule has 0 radical (unpaired) electrons. The van der Waals surface area contributed by atoms with Gasteiger partial charge >= 0.3 is 0 Å². The molecule has 0 aromatic carbocycles. The van der Waals surface area contributed by atoms with Crippen LogP contribution in [-0.4, -0.2) is 35.5 Å². The largest absolute Gasteiger partial charge is 0.396 e. The molecule has 0 spiro atoms. The van der Waals surface area contributed by atoms with Gasteiger partial charge in [-0.1, -0.05) is 26.0 Å². The van der Waals surface area contributed by atoms with Crippen molar-refractivity contribution < 1.29 is 5.11 Å². The first-order chi connectivity index (χ1) is 12.4. The van der Waals surface area contributed by atoms with Crippen molar-refractivity contribution in [1.82, 2.24) is 15.5 Å². The van der Waals surface area contributed by atoms with Gasteiger partial charge in [-0.05, 0) is 92.2 Å². The van der Waals surface area contributed by atoms with E-state index in [0.717, 1.165) is 25.3 Å². The van der Waals surface area contributed by atoms with E-state index in [1.54, 1.807) is 0 Å². The molecule has 1 heterocycles. The van der Waals surface area contributed by atoms with Crippen LogP contribution in [0.2, 0.25) is 0 Å². The Bertz CT molecular complexity index is 683. The number of rotatable bonds is 4. The first-order valence-electron chi connectivity index (χ1n) is 10.4. The highest BCUT2D eigenvalue weighted by Crippen LogP contribution is 2.62. The summed E-state index contributed by atoms with van der Waals surface area (Å²) in [6, 6.07) is 0. The number of hydrogen-bond acceptors (Lipinski definition) is 3.